The molecule has 1 amide bonds. The van der Waals surface area contributed by atoms with Crippen LogP contribution in [-0.4, -0.2) is 21.8 Å². The van der Waals surface area contributed by atoms with Crippen molar-refractivity contribution in [3.05, 3.63) is 93.0 Å². The second kappa shape index (κ2) is 8.90. The minimum Gasteiger partial charge on any atom is -0.333 e. The molecule has 0 spiro atoms. The molecular formula is C21H14Cl3F3N4O2. The Morgan fingerprint density at radius 1 is 1.15 bits per heavy atom. The van der Waals surface area contributed by atoms with Crippen molar-refractivity contribution >= 4 is 46.5 Å². The van der Waals surface area contributed by atoms with Crippen molar-refractivity contribution in [2.24, 2.45) is 0 Å². The van der Waals surface area contributed by atoms with Crippen molar-refractivity contribution in [1.29, 1.82) is 0 Å². The number of nitrogens with zero attached hydrogens (tertiary/aromatic N) is 2. The summed E-state index contributed by atoms with van der Waals surface area (Å²) >= 11 is 18.1. The molecule has 0 fully saturated rings. The van der Waals surface area contributed by atoms with Crippen LogP contribution < -0.4 is 10.8 Å². The van der Waals surface area contributed by atoms with Crippen LogP contribution in [-0.2, 0) is 17.0 Å². The minimum absolute atomic E-state index is 0.0386. The maximum atomic E-state index is 14.1. The number of benzene rings is 2. The van der Waals surface area contributed by atoms with Crippen molar-refractivity contribution in [2.75, 3.05) is 0 Å². The number of carbonyl (C=O) groups is 1. The highest BCUT2D eigenvalue weighted by molar-refractivity contribution is 6.34. The van der Waals surface area contributed by atoms with E-state index in [0.717, 1.165) is 18.2 Å². The van der Waals surface area contributed by atoms with Crippen LogP contribution in [0, 0.1) is 0 Å². The van der Waals surface area contributed by atoms with Crippen molar-refractivity contribution in [1.82, 2.24) is 20.3 Å². The Kier molecular flexibility index (Phi) is 6.32. The zero-order valence-corrected chi connectivity index (χ0v) is 18.7. The van der Waals surface area contributed by atoms with Gasteiger partial charge in [0.05, 0.1) is 5.70 Å². The van der Waals surface area contributed by atoms with Gasteiger partial charge in [-0.05, 0) is 35.9 Å². The fourth-order valence-corrected chi connectivity index (χ4v) is 4.03. The molecule has 0 bridgehead atoms. The summed E-state index contributed by atoms with van der Waals surface area (Å²) in [6.07, 6.45) is 0.374. The van der Waals surface area contributed by atoms with Gasteiger partial charge in [-0.2, -0.15) is 13.2 Å². The van der Waals surface area contributed by atoms with Gasteiger partial charge >= 0.3 is 12.2 Å². The lowest BCUT2D eigenvalue weighted by atomic mass is 9.91. The minimum atomic E-state index is -4.82. The van der Waals surface area contributed by atoms with E-state index in [4.69, 9.17) is 39.6 Å². The van der Waals surface area contributed by atoms with Crippen LogP contribution >= 0.6 is 34.8 Å². The molecule has 12 heteroatoms. The molecule has 0 aliphatic carbocycles. The van der Waals surface area contributed by atoms with Crippen LogP contribution in [0.3, 0.4) is 0 Å². The van der Waals surface area contributed by atoms with Crippen LogP contribution in [0.15, 0.2) is 61.2 Å². The Labute approximate surface area is 200 Å². The van der Waals surface area contributed by atoms with E-state index in [1.54, 1.807) is 12.1 Å². The molecule has 33 heavy (non-hydrogen) atoms. The first-order valence-corrected chi connectivity index (χ1v) is 10.5. The molecule has 2 heterocycles. The molecular weight excluding hydrogens is 504 g/mol. The van der Waals surface area contributed by atoms with E-state index < -0.39 is 17.8 Å². The number of aromatic nitrogens is 2. The lowest BCUT2D eigenvalue weighted by Crippen LogP contribution is -2.42. The average Bonchev–Trinajstić information content (AvgIpc) is 3.42. The number of hydroxylamine groups is 1. The van der Waals surface area contributed by atoms with Crippen LogP contribution in [0.25, 0.3) is 5.70 Å². The summed E-state index contributed by atoms with van der Waals surface area (Å²) in [7, 11) is 0. The molecule has 0 radical (unpaired) electrons. The van der Waals surface area contributed by atoms with E-state index in [0.29, 0.717) is 11.1 Å². The summed E-state index contributed by atoms with van der Waals surface area (Å²) in [5.41, 5.74) is 0.229. The van der Waals surface area contributed by atoms with E-state index in [1.165, 1.54) is 35.4 Å². The monoisotopic (exact) mass is 516 g/mol. The Bertz CT molecular complexity index is 1210. The SMILES string of the molecule is O=C(NCc1ccc(C2=CC(c3cc(Cl)cc(Cl)c3)(C(F)(F)F)ON2)cc1Cl)n1ccnc1. The third-order valence-electron chi connectivity index (χ3n) is 4.92. The number of nitrogens with one attached hydrogen (secondary N) is 2. The molecule has 6 nitrogen and oxygen atoms in total. The zero-order valence-electron chi connectivity index (χ0n) is 16.5. The molecule has 1 atom stereocenters. The van der Waals surface area contributed by atoms with Gasteiger partial charge in [0, 0.05) is 45.1 Å². The van der Waals surface area contributed by atoms with E-state index >= 15 is 0 Å². The van der Waals surface area contributed by atoms with Gasteiger partial charge in [0.25, 0.3) is 0 Å². The lowest BCUT2D eigenvalue weighted by molar-refractivity contribution is -0.269. The molecule has 4 rings (SSSR count). The quantitative estimate of drug-likeness (QED) is 0.450. The summed E-state index contributed by atoms with van der Waals surface area (Å²) in [5.74, 6) is 0. The first-order chi connectivity index (χ1) is 15.6. The maximum Gasteiger partial charge on any atom is 0.428 e. The molecule has 1 aliphatic heterocycles. The first-order valence-electron chi connectivity index (χ1n) is 9.34. The normalized spacial score (nSPS) is 18.1. The predicted octanol–water partition coefficient (Wildman–Crippen LogP) is 5.93. The number of hydrogen-bond donors (Lipinski definition) is 2. The molecule has 1 unspecified atom stereocenters. The number of halogens is 6. The zero-order chi connectivity index (χ0) is 23.8. The highest BCUT2D eigenvalue weighted by Gasteiger charge is 2.59. The van der Waals surface area contributed by atoms with Gasteiger partial charge in [-0.3, -0.25) is 14.9 Å². The lowest BCUT2D eigenvalue weighted by Gasteiger charge is -2.28. The summed E-state index contributed by atoms with van der Waals surface area (Å²) < 4.78 is 43.6. The second-order valence-corrected chi connectivity index (χ2v) is 8.37. The highest BCUT2D eigenvalue weighted by Crippen LogP contribution is 2.48. The predicted molar refractivity (Wildman–Crippen MR) is 118 cm³/mol. The number of rotatable bonds is 4. The smallest absolute Gasteiger partial charge is 0.333 e. The van der Waals surface area contributed by atoms with E-state index in [9.17, 15) is 18.0 Å². The topological polar surface area (TPSA) is 68.2 Å². The molecule has 1 aromatic heterocycles. The molecule has 172 valence electrons. The van der Waals surface area contributed by atoms with Gasteiger partial charge in [0.2, 0.25) is 5.60 Å². The van der Waals surface area contributed by atoms with E-state index in [1.807, 2.05) is 0 Å². The number of hydrogen-bond acceptors (Lipinski definition) is 4. The molecule has 3 aromatic rings. The van der Waals surface area contributed by atoms with E-state index in [-0.39, 0.29) is 32.9 Å². The fourth-order valence-electron chi connectivity index (χ4n) is 3.25. The molecule has 1 aliphatic rings. The van der Waals surface area contributed by atoms with Crippen LogP contribution in [0.5, 0.6) is 0 Å². The van der Waals surface area contributed by atoms with Gasteiger partial charge in [-0.15, -0.1) is 0 Å². The summed E-state index contributed by atoms with van der Waals surface area (Å²) in [6, 6.07) is 7.83. The molecule has 2 aromatic carbocycles. The Morgan fingerprint density at radius 3 is 2.48 bits per heavy atom. The standard InChI is InChI=1S/C21H14Cl3F3N4O2/c22-15-6-14(7-16(23)8-15)20(21(25,26)27)9-18(30-33-20)12-1-2-13(17(24)5-12)10-29-19(32)31-4-3-28-11-31/h1-9,11,30H,10H2,(H,29,32). The maximum absolute atomic E-state index is 14.1. The summed E-state index contributed by atoms with van der Waals surface area (Å²) in [4.78, 5) is 20.9. The third-order valence-corrected chi connectivity index (χ3v) is 5.70. The number of amides is 1. The van der Waals surface area contributed by atoms with Crippen molar-refractivity contribution in [3.8, 4) is 0 Å². The molecule has 0 saturated heterocycles. The Balaban J connectivity index is 1.61. The highest BCUT2D eigenvalue weighted by atomic mass is 35.5. The van der Waals surface area contributed by atoms with Gasteiger partial charge in [0.1, 0.15) is 6.33 Å². The Morgan fingerprint density at radius 2 is 1.88 bits per heavy atom. The number of alkyl halides is 3. The summed E-state index contributed by atoms with van der Waals surface area (Å²) in [5, 5.41) is 2.99. The molecule has 0 saturated carbocycles. The Hall–Kier alpha value is -2.72. The van der Waals surface area contributed by atoms with Gasteiger partial charge in [0.15, 0.2) is 0 Å². The van der Waals surface area contributed by atoms with Crippen LogP contribution in [0.4, 0.5) is 18.0 Å². The number of imidazole rings is 1. The first kappa shape index (κ1) is 23.4. The van der Waals surface area contributed by atoms with Crippen molar-refractivity contribution in [2.45, 2.75) is 18.3 Å². The van der Waals surface area contributed by atoms with Gasteiger partial charge < -0.3 is 5.32 Å². The second-order valence-electron chi connectivity index (χ2n) is 7.09. The van der Waals surface area contributed by atoms with Crippen LogP contribution in [0.1, 0.15) is 16.7 Å². The third kappa shape index (κ3) is 4.67. The van der Waals surface area contributed by atoms with E-state index in [2.05, 4.69) is 15.8 Å². The summed E-state index contributed by atoms with van der Waals surface area (Å²) in [6.45, 7) is 0.104. The number of carbonyl (C=O) groups excluding carboxylic acids is 1. The fraction of sp³-hybridized carbons (Fsp3) is 0.143. The largest absolute Gasteiger partial charge is 0.428 e. The van der Waals surface area contributed by atoms with Crippen molar-refractivity contribution in [3.63, 3.8) is 0 Å². The van der Waals surface area contributed by atoms with Gasteiger partial charge in [-0.1, -0.05) is 46.9 Å². The van der Waals surface area contributed by atoms with Gasteiger partial charge in [-0.25, -0.2) is 9.78 Å². The molecule has 2 N–H and O–H groups in total. The van der Waals surface area contributed by atoms with Crippen molar-refractivity contribution < 1.29 is 22.8 Å². The average molecular weight is 518 g/mol. The van der Waals surface area contributed by atoms with Crippen LogP contribution in [0.2, 0.25) is 15.1 Å².